The minimum atomic E-state index is -3.30. The van der Waals surface area contributed by atoms with Gasteiger partial charge in [0.2, 0.25) is 10.0 Å². The Balaban J connectivity index is 1.54. The van der Waals surface area contributed by atoms with E-state index in [1.807, 2.05) is 42.6 Å². The van der Waals surface area contributed by atoms with Crippen LogP contribution in [0.5, 0.6) is 0 Å². The molecule has 0 aliphatic carbocycles. The maximum Gasteiger partial charge on any atom is 0.250 e. The number of aromatic amines is 1. The Bertz CT molecular complexity index is 1250. The number of nitrogens with one attached hydrogen (secondary N) is 1. The summed E-state index contributed by atoms with van der Waals surface area (Å²) in [6.45, 7) is 1.54. The van der Waals surface area contributed by atoms with Crippen molar-refractivity contribution in [1.82, 2.24) is 14.4 Å². The highest BCUT2D eigenvalue weighted by Gasteiger charge is 2.30. The summed E-state index contributed by atoms with van der Waals surface area (Å²) in [5.74, 6) is -0.163. The van der Waals surface area contributed by atoms with Crippen molar-refractivity contribution in [2.24, 2.45) is 5.73 Å². The van der Waals surface area contributed by atoms with E-state index in [-0.39, 0.29) is 11.7 Å². The number of carbonyl (C=O) groups is 1. The number of rotatable bonds is 9. The SMILES string of the molecule is CON(C)CCCS(=O)(=O)N1CCC(c2c[nH]c3c(C(N)=O)cc(-c4ccccc4)cc23)CC1. The Morgan fingerprint density at radius 3 is 2.53 bits per heavy atom. The molecule has 4 rings (SSSR count). The molecule has 0 bridgehead atoms. The molecule has 9 heteroatoms. The van der Waals surface area contributed by atoms with Crippen LogP contribution in [-0.2, 0) is 14.9 Å². The minimum Gasteiger partial charge on any atom is -0.366 e. The second-order valence-corrected chi connectivity index (χ2v) is 10.9. The minimum absolute atomic E-state index is 0.112. The lowest BCUT2D eigenvalue weighted by molar-refractivity contribution is -0.108. The summed E-state index contributed by atoms with van der Waals surface area (Å²) in [5.41, 5.74) is 9.95. The molecule has 0 radical (unpaired) electrons. The van der Waals surface area contributed by atoms with Crippen LogP contribution in [0, 0.1) is 0 Å². The van der Waals surface area contributed by atoms with Gasteiger partial charge in [0.1, 0.15) is 0 Å². The maximum absolute atomic E-state index is 12.8. The van der Waals surface area contributed by atoms with Crippen LogP contribution in [0.1, 0.15) is 41.1 Å². The van der Waals surface area contributed by atoms with Gasteiger partial charge in [-0.15, -0.1) is 0 Å². The first-order valence-electron chi connectivity index (χ1n) is 11.5. The molecule has 1 amide bonds. The van der Waals surface area contributed by atoms with Crippen LogP contribution in [0.2, 0.25) is 0 Å². The van der Waals surface area contributed by atoms with E-state index in [9.17, 15) is 13.2 Å². The zero-order valence-corrected chi connectivity index (χ0v) is 20.5. The number of piperidine rings is 1. The molecule has 1 fully saturated rings. The van der Waals surface area contributed by atoms with Crippen molar-refractivity contribution in [2.75, 3.05) is 39.5 Å². The second-order valence-electron chi connectivity index (χ2n) is 8.80. The molecule has 3 N–H and O–H groups in total. The number of benzene rings is 2. The highest BCUT2D eigenvalue weighted by Crippen LogP contribution is 2.37. The van der Waals surface area contributed by atoms with Gasteiger partial charge in [0.05, 0.1) is 23.9 Å². The summed E-state index contributed by atoms with van der Waals surface area (Å²) in [4.78, 5) is 20.5. The van der Waals surface area contributed by atoms with E-state index in [1.54, 1.807) is 23.5 Å². The van der Waals surface area contributed by atoms with Crippen LogP contribution in [0.25, 0.3) is 22.0 Å². The van der Waals surface area contributed by atoms with E-state index >= 15 is 0 Å². The number of hydrogen-bond acceptors (Lipinski definition) is 5. The third kappa shape index (κ3) is 5.17. The van der Waals surface area contributed by atoms with Crippen molar-refractivity contribution < 1.29 is 18.0 Å². The van der Waals surface area contributed by atoms with Crippen LogP contribution in [0.15, 0.2) is 48.7 Å². The highest BCUT2D eigenvalue weighted by atomic mass is 32.2. The van der Waals surface area contributed by atoms with Crippen LogP contribution in [-0.4, -0.2) is 68.2 Å². The predicted octanol–water partition coefficient (Wildman–Crippen LogP) is 3.33. The maximum atomic E-state index is 12.8. The zero-order chi connectivity index (χ0) is 24.3. The quantitative estimate of drug-likeness (QED) is 0.453. The first-order chi connectivity index (χ1) is 16.3. The summed E-state index contributed by atoms with van der Waals surface area (Å²) >= 11 is 0. The van der Waals surface area contributed by atoms with Gasteiger partial charge in [-0.3, -0.25) is 4.79 Å². The van der Waals surface area contributed by atoms with Crippen molar-refractivity contribution in [2.45, 2.75) is 25.2 Å². The lowest BCUT2D eigenvalue weighted by atomic mass is 9.88. The zero-order valence-electron chi connectivity index (χ0n) is 19.7. The lowest BCUT2D eigenvalue weighted by Crippen LogP contribution is -2.39. The van der Waals surface area contributed by atoms with Crippen molar-refractivity contribution >= 4 is 26.8 Å². The highest BCUT2D eigenvalue weighted by molar-refractivity contribution is 7.89. The monoisotopic (exact) mass is 484 g/mol. The number of sulfonamides is 1. The molecule has 1 aliphatic rings. The largest absolute Gasteiger partial charge is 0.366 e. The smallest absolute Gasteiger partial charge is 0.250 e. The molecule has 2 aromatic carbocycles. The van der Waals surface area contributed by atoms with Gasteiger partial charge >= 0.3 is 0 Å². The Kier molecular flexibility index (Phi) is 7.37. The number of primary amides is 1. The van der Waals surface area contributed by atoms with Crippen LogP contribution >= 0.6 is 0 Å². The molecule has 1 aliphatic heterocycles. The number of hydroxylamine groups is 2. The number of hydrogen-bond donors (Lipinski definition) is 2. The molecule has 1 aromatic heterocycles. The van der Waals surface area contributed by atoms with Crippen molar-refractivity contribution in [3.05, 3.63) is 59.8 Å². The number of fused-ring (bicyclic) bond motifs is 1. The van der Waals surface area contributed by atoms with Crippen LogP contribution < -0.4 is 5.73 Å². The van der Waals surface area contributed by atoms with Gasteiger partial charge in [0.15, 0.2) is 0 Å². The van der Waals surface area contributed by atoms with Crippen LogP contribution in [0.3, 0.4) is 0 Å². The Morgan fingerprint density at radius 1 is 1.18 bits per heavy atom. The standard InChI is InChI=1S/C25H32N4O4S/c1-28(33-2)11-6-14-34(31,32)29-12-9-19(10-13-29)23-17-27-24-21(23)15-20(16-22(24)25(26)30)18-7-4-3-5-8-18/h3-5,7-8,15-17,19,27H,6,9-14H2,1-2H3,(H2,26,30). The summed E-state index contributed by atoms with van der Waals surface area (Å²) in [5, 5.41) is 2.60. The normalized spacial score (nSPS) is 15.9. The van der Waals surface area contributed by atoms with Crippen molar-refractivity contribution in [3.8, 4) is 11.1 Å². The topological polar surface area (TPSA) is 109 Å². The number of H-pyrrole nitrogens is 1. The molecule has 34 heavy (non-hydrogen) atoms. The molecule has 0 atom stereocenters. The van der Waals surface area contributed by atoms with E-state index in [0.717, 1.165) is 40.4 Å². The van der Waals surface area contributed by atoms with Gasteiger partial charge < -0.3 is 15.6 Å². The molecule has 0 saturated carbocycles. The van der Waals surface area contributed by atoms with E-state index in [4.69, 9.17) is 10.6 Å². The second kappa shape index (κ2) is 10.3. The molecule has 3 aromatic rings. The van der Waals surface area contributed by atoms with Crippen LogP contribution in [0.4, 0.5) is 0 Å². The summed E-state index contributed by atoms with van der Waals surface area (Å²) < 4.78 is 27.2. The Labute approximate surface area is 200 Å². The van der Waals surface area contributed by atoms with Gasteiger partial charge in [-0.2, -0.15) is 5.06 Å². The fraction of sp³-hybridized carbons (Fsp3) is 0.400. The Hall–Kier alpha value is -2.72. The molecule has 0 spiro atoms. The number of nitrogens with zero attached hydrogens (tertiary/aromatic N) is 2. The van der Waals surface area contributed by atoms with Gasteiger partial charge in [-0.25, -0.2) is 12.7 Å². The summed E-state index contributed by atoms with van der Waals surface area (Å²) in [6, 6.07) is 13.8. The van der Waals surface area contributed by atoms with Crippen molar-refractivity contribution in [3.63, 3.8) is 0 Å². The first kappa shape index (κ1) is 24.4. The third-order valence-electron chi connectivity index (χ3n) is 6.67. The number of carbonyl (C=O) groups excluding carboxylic acids is 1. The van der Waals surface area contributed by atoms with E-state index in [2.05, 4.69) is 11.1 Å². The van der Waals surface area contributed by atoms with Gasteiger partial charge in [0, 0.05) is 38.3 Å². The van der Waals surface area contributed by atoms with E-state index in [0.29, 0.717) is 31.6 Å². The predicted molar refractivity (Wildman–Crippen MR) is 134 cm³/mol. The van der Waals surface area contributed by atoms with Crippen molar-refractivity contribution in [1.29, 1.82) is 0 Å². The molecule has 1 saturated heterocycles. The molecular weight excluding hydrogens is 452 g/mol. The molecule has 182 valence electrons. The molecule has 2 heterocycles. The third-order valence-corrected chi connectivity index (χ3v) is 8.62. The number of aromatic nitrogens is 1. The van der Waals surface area contributed by atoms with Gasteiger partial charge in [0.25, 0.3) is 5.91 Å². The van der Waals surface area contributed by atoms with E-state index < -0.39 is 15.9 Å². The molecular formula is C25H32N4O4S. The average Bonchev–Trinajstić information content (AvgIpc) is 3.27. The van der Waals surface area contributed by atoms with E-state index in [1.165, 1.54) is 0 Å². The molecule has 0 unspecified atom stereocenters. The first-order valence-corrected chi connectivity index (χ1v) is 13.1. The Morgan fingerprint density at radius 2 is 1.88 bits per heavy atom. The lowest BCUT2D eigenvalue weighted by Gasteiger charge is -2.31. The summed E-state index contributed by atoms with van der Waals surface area (Å²) in [6.07, 6.45) is 3.92. The fourth-order valence-electron chi connectivity index (χ4n) is 4.72. The number of nitrogens with two attached hydrogens (primary N) is 1. The average molecular weight is 485 g/mol. The van der Waals surface area contributed by atoms with Gasteiger partial charge in [-0.05, 0) is 54.0 Å². The molecule has 8 nitrogen and oxygen atoms in total. The fourth-order valence-corrected chi connectivity index (χ4v) is 6.24. The van der Waals surface area contributed by atoms with Gasteiger partial charge in [-0.1, -0.05) is 30.3 Å². The number of amides is 1. The summed E-state index contributed by atoms with van der Waals surface area (Å²) in [7, 11) is 0.0520.